The molecule has 2 aliphatic heterocycles. The summed E-state index contributed by atoms with van der Waals surface area (Å²) in [6.07, 6.45) is 13.7. The molecule has 0 radical (unpaired) electrons. The number of carbonyl (C=O) groups excluding carboxylic acids is 4. The third kappa shape index (κ3) is 7.50. The lowest BCUT2D eigenvalue weighted by Crippen LogP contribution is -2.71. The molecular formula is C40H59N7O6S. The summed E-state index contributed by atoms with van der Waals surface area (Å²) < 4.78 is 0. The standard InChI is InChI=1S/C40H59N7O6S/c1-6-8-31(43-32(50)9-7-18-42-46-41)44-36(52)35-23(3)21-54-38-34(37(53)47(35)38)45-33(51)15-10-22(2)27-13-14-28-26-12-11-24-19-25(48)16-17-39(24,4)29(26)20-30(49)40(27,28)5/h1,22,24-31,34,38,48-49H,7-21H2,2-5H3,(H,43,50)(H,44,52)(H,45,51). The second-order valence-corrected chi connectivity index (χ2v) is 18.7. The van der Waals surface area contributed by atoms with Crippen LogP contribution in [0.4, 0.5) is 0 Å². The fourth-order valence-corrected chi connectivity index (χ4v) is 13.2. The summed E-state index contributed by atoms with van der Waals surface area (Å²) in [5.74, 6) is 4.18. The van der Waals surface area contributed by atoms with E-state index in [1.807, 2.05) is 0 Å². The van der Waals surface area contributed by atoms with Gasteiger partial charge in [-0.2, -0.15) is 0 Å². The summed E-state index contributed by atoms with van der Waals surface area (Å²) in [5.41, 5.74) is 9.35. The van der Waals surface area contributed by atoms with Crippen molar-refractivity contribution in [3.63, 3.8) is 0 Å². The van der Waals surface area contributed by atoms with Crippen LogP contribution in [0.3, 0.4) is 0 Å². The molecule has 6 rings (SSSR count). The third-order valence-corrected chi connectivity index (χ3v) is 16.1. The maximum atomic E-state index is 13.5. The van der Waals surface area contributed by atoms with Crippen LogP contribution in [0, 0.1) is 58.7 Å². The number of carbonyl (C=O) groups is 4. The maximum Gasteiger partial charge on any atom is 0.269 e. The van der Waals surface area contributed by atoms with E-state index in [0.717, 1.165) is 38.5 Å². The van der Waals surface area contributed by atoms with Crippen molar-refractivity contribution in [3.8, 4) is 12.3 Å². The number of nitrogens with one attached hydrogen (secondary N) is 3. The monoisotopic (exact) mass is 765 g/mol. The van der Waals surface area contributed by atoms with Crippen molar-refractivity contribution < 1.29 is 29.4 Å². The smallest absolute Gasteiger partial charge is 0.269 e. The average molecular weight is 766 g/mol. The Morgan fingerprint density at radius 3 is 2.61 bits per heavy atom. The van der Waals surface area contributed by atoms with Crippen LogP contribution in [-0.2, 0) is 19.2 Å². The minimum absolute atomic E-state index is 0.0374. The van der Waals surface area contributed by atoms with E-state index in [-0.39, 0.29) is 78.2 Å². The van der Waals surface area contributed by atoms with Crippen molar-refractivity contribution in [2.24, 2.45) is 51.5 Å². The molecule has 1 saturated heterocycles. The highest BCUT2D eigenvalue weighted by atomic mass is 32.2. The molecule has 0 aromatic heterocycles. The van der Waals surface area contributed by atoms with Gasteiger partial charge in [0, 0.05) is 36.5 Å². The lowest BCUT2D eigenvalue weighted by Gasteiger charge is -2.62. The summed E-state index contributed by atoms with van der Waals surface area (Å²) in [4.78, 5) is 56.9. The lowest BCUT2D eigenvalue weighted by atomic mass is 9.43. The highest BCUT2D eigenvalue weighted by Crippen LogP contribution is 2.68. The Morgan fingerprint density at radius 2 is 1.87 bits per heavy atom. The molecule has 13 unspecified atom stereocenters. The highest BCUT2D eigenvalue weighted by Gasteiger charge is 2.64. The van der Waals surface area contributed by atoms with Gasteiger partial charge in [0.2, 0.25) is 11.8 Å². The number of aliphatic hydroxyl groups excluding tert-OH is 2. The van der Waals surface area contributed by atoms with Crippen LogP contribution in [0.1, 0.15) is 111 Å². The van der Waals surface area contributed by atoms with E-state index in [1.165, 1.54) is 29.5 Å². The third-order valence-electron chi connectivity index (χ3n) is 14.7. The molecule has 296 valence electrons. The van der Waals surface area contributed by atoms with Gasteiger partial charge in [-0.25, -0.2) is 0 Å². The van der Waals surface area contributed by atoms with E-state index in [2.05, 4.69) is 52.7 Å². The summed E-state index contributed by atoms with van der Waals surface area (Å²) >= 11 is 1.50. The van der Waals surface area contributed by atoms with Gasteiger partial charge in [-0.1, -0.05) is 25.9 Å². The first-order chi connectivity index (χ1) is 25.7. The fourth-order valence-electron chi connectivity index (χ4n) is 11.9. The zero-order valence-electron chi connectivity index (χ0n) is 32.3. The van der Waals surface area contributed by atoms with Gasteiger partial charge in [0.05, 0.1) is 12.2 Å². The topological polar surface area (TPSA) is 197 Å². The van der Waals surface area contributed by atoms with E-state index in [0.29, 0.717) is 53.8 Å². The molecule has 13 nitrogen and oxygen atoms in total. The first kappa shape index (κ1) is 40.4. The van der Waals surface area contributed by atoms with E-state index in [9.17, 15) is 29.4 Å². The van der Waals surface area contributed by atoms with Crippen molar-refractivity contribution in [1.29, 1.82) is 0 Å². The van der Waals surface area contributed by atoms with E-state index in [4.69, 9.17) is 12.0 Å². The van der Waals surface area contributed by atoms with Gasteiger partial charge in [-0.05, 0) is 129 Å². The van der Waals surface area contributed by atoms with Crippen molar-refractivity contribution in [2.75, 3.05) is 12.3 Å². The van der Waals surface area contributed by atoms with Crippen molar-refractivity contribution in [3.05, 3.63) is 21.7 Å². The Kier molecular flexibility index (Phi) is 12.3. The molecule has 13 atom stereocenters. The van der Waals surface area contributed by atoms with Crippen LogP contribution in [-0.4, -0.2) is 80.8 Å². The molecule has 0 spiro atoms. The van der Waals surface area contributed by atoms with E-state index in [1.54, 1.807) is 6.92 Å². The predicted molar refractivity (Wildman–Crippen MR) is 206 cm³/mol. The minimum Gasteiger partial charge on any atom is -0.393 e. The first-order valence-corrected chi connectivity index (χ1v) is 21.1. The molecule has 0 aromatic rings. The number of hydrogen-bond acceptors (Lipinski definition) is 8. The fraction of sp³-hybridized carbons (Fsp3) is 0.800. The average Bonchev–Trinajstić information content (AvgIpc) is 3.50. The quantitative estimate of drug-likeness (QED) is 0.0340. The van der Waals surface area contributed by atoms with Crippen molar-refractivity contribution >= 4 is 35.4 Å². The second kappa shape index (κ2) is 16.5. The van der Waals surface area contributed by atoms with Gasteiger partial charge in [-0.3, -0.25) is 24.1 Å². The summed E-state index contributed by atoms with van der Waals surface area (Å²) in [6.45, 7) is 8.93. The number of aliphatic hydroxyl groups is 2. The van der Waals surface area contributed by atoms with E-state index >= 15 is 0 Å². The Balaban J connectivity index is 1.01. The lowest BCUT2D eigenvalue weighted by molar-refractivity contribution is -0.175. The molecule has 4 amide bonds. The SMILES string of the molecule is C#CCC(NC(=O)CCCN=[N+]=[N-])NC(=O)C1=C(C)CSC2C(NC(=O)CCC(C)C3CCC4C5CCC6CC(O)CCC6(C)C5CC(O)C34C)C(=O)N12. The molecule has 0 aromatic carbocycles. The van der Waals surface area contributed by atoms with Gasteiger partial charge in [0.15, 0.2) is 0 Å². The number of terminal acetylenes is 1. The van der Waals surface area contributed by atoms with Crippen molar-refractivity contribution in [2.45, 2.75) is 141 Å². The predicted octanol–water partition coefficient (Wildman–Crippen LogP) is 4.74. The molecule has 4 saturated carbocycles. The van der Waals surface area contributed by atoms with Crippen LogP contribution in [0.5, 0.6) is 0 Å². The minimum atomic E-state index is -0.851. The maximum absolute atomic E-state index is 13.5. The zero-order valence-corrected chi connectivity index (χ0v) is 33.1. The Morgan fingerprint density at radius 1 is 1.09 bits per heavy atom. The normalized spacial score (nSPS) is 37.8. The molecule has 14 heteroatoms. The second-order valence-electron chi connectivity index (χ2n) is 17.5. The number of nitrogens with zero attached hydrogens (tertiary/aromatic N) is 4. The molecule has 5 fully saturated rings. The number of β-lactam (4-membered cyclic amide) rings is 1. The number of azide groups is 1. The van der Waals surface area contributed by atoms with Gasteiger partial charge in [0.25, 0.3) is 11.8 Å². The Bertz CT molecular complexity index is 1610. The van der Waals surface area contributed by atoms with Crippen molar-refractivity contribution in [1.82, 2.24) is 20.9 Å². The van der Waals surface area contributed by atoms with Gasteiger partial charge in [-0.15, -0.1) is 24.1 Å². The first-order valence-electron chi connectivity index (χ1n) is 20.1. The number of hydrogen-bond donors (Lipinski definition) is 5. The number of thioether (sulfide) groups is 1. The molecule has 54 heavy (non-hydrogen) atoms. The molecular weight excluding hydrogens is 707 g/mol. The largest absolute Gasteiger partial charge is 0.393 e. The van der Waals surface area contributed by atoms with Crippen LogP contribution in [0.15, 0.2) is 16.4 Å². The van der Waals surface area contributed by atoms with Gasteiger partial charge < -0.3 is 26.2 Å². The Hall–Kier alpha value is -3.24. The molecule has 6 aliphatic rings. The van der Waals surface area contributed by atoms with Crippen LogP contribution >= 0.6 is 11.8 Å². The van der Waals surface area contributed by atoms with Crippen LogP contribution in [0.2, 0.25) is 0 Å². The molecule has 4 aliphatic carbocycles. The summed E-state index contributed by atoms with van der Waals surface area (Å²) in [6, 6.07) is -0.742. The number of rotatable bonds is 13. The molecule has 2 heterocycles. The summed E-state index contributed by atoms with van der Waals surface area (Å²) in [7, 11) is 0. The number of amides is 4. The van der Waals surface area contributed by atoms with Crippen LogP contribution in [0.25, 0.3) is 10.4 Å². The number of fused-ring (bicyclic) bond motifs is 6. The van der Waals surface area contributed by atoms with Gasteiger partial charge >= 0.3 is 0 Å². The van der Waals surface area contributed by atoms with Crippen LogP contribution < -0.4 is 16.0 Å². The Labute approximate surface area is 323 Å². The summed E-state index contributed by atoms with van der Waals surface area (Å²) in [5, 5.41) is 33.7. The molecule has 5 N–H and O–H groups in total. The molecule has 0 bridgehead atoms. The van der Waals surface area contributed by atoms with E-state index < -0.39 is 23.5 Å². The van der Waals surface area contributed by atoms with Gasteiger partial charge in [0.1, 0.15) is 23.3 Å². The zero-order chi connectivity index (χ0) is 38.9. The highest BCUT2D eigenvalue weighted by molar-refractivity contribution is 8.00.